The van der Waals surface area contributed by atoms with Gasteiger partial charge >= 0.3 is 0 Å². The van der Waals surface area contributed by atoms with Crippen LogP contribution >= 0.6 is 15.9 Å². The van der Waals surface area contributed by atoms with Gasteiger partial charge in [0.25, 0.3) is 0 Å². The van der Waals surface area contributed by atoms with E-state index in [0.29, 0.717) is 13.2 Å². The molecule has 1 rings (SSSR count). The fourth-order valence-corrected chi connectivity index (χ4v) is 1.23. The summed E-state index contributed by atoms with van der Waals surface area (Å²) in [6.07, 6.45) is 0.881. The van der Waals surface area contributed by atoms with Crippen LogP contribution in [0, 0.1) is 0 Å². The summed E-state index contributed by atoms with van der Waals surface area (Å²) in [7, 11) is 0. The zero-order chi connectivity index (χ0) is 10.4. The van der Waals surface area contributed by atoms with Crippen molar-refractivity contribution >= 4 is 15.9 Å². The molecule has 0 atom stereocenters. The van der Waals surface area contributed by atoms with Crippen LogP contribution in [0.15, 0.2) is 35.3 Å². The number of nitrogens with two attached hydrogens (primary N) is 1. The van der Waals surface area contributed by atoms with Crippen molar-refractivity contribution in [3.05, 3.63) is 40.9 Å². The Balaban J connectivity index is 2.58. The van der Waals surface area contributed by atoms with Crippen LogP contribution in [0.25, 0.3) is 0 Å². The standard InChI is InChI=1S/C11H14BrNO/c1-9(12)8-14-11-4-2-3-10(7-11)5-6-13/h2-4,7H,1,5-6,8,13H2. The number of ether oxygens (including phenoxy) is 1. The molecule has 3 heteroatoms. The summed E-state index contributed by atoms with van der Waals surface area (Å²) >= 11 is 3.24. The molecule has 0 amide bonds. The summed E-state index contributed by atoms with van der Waals surface area (Å²) in [5.41, 5.74) is 6.67. The lowest BCUT2D eigenvalue weighted by Gasteiger charge is -2.06. The van der Waals surface area contributed by atoms with Crippen molar-refractivity contribution in [2.24, 2.45) is 5.73 Å². The molecule has 1 aromatic carbocycles. The molecule has 2 N–H and O–H groups in total. The van der Waals surface area contributed by atoms with E-state index in [1.807, 2.05) is 24.3 Å². The Bertz CT molecular complexity index is 312. The molecule has 0 aliphatic heterocycles. The molecule has 0 aromatic heterocycles. The summed E-state index contributed by atoms with van der Waals surface area (Å²) in [6, 6.07) is 7.94. The molecule has 0 radical (unpaired) electrons. The molecule has 0 unspecified atom stereocenters. The minimum absolute atomic E-state index is 0.492. The van der Waals surface area contributed by atoms with E-state index in [2.05, 4.69) is 22.5 Å². The third-order valence-corrected chi connectivity index (χ3v) is 1.96. The van der Waals surface area contributed by atoms with E-state index in [1.165, 1.54) is 5.56 Å². The minimum Gasteiger partial charge on any atom is -0.488 e. The highest BCUT2D eigenvalue weighted by Gasteiger charge is 1.96. The van der Waals surface area contributed by atoms with Crippen molar-refractivity contribution in [1.29, 1.82) is 0 Å². The highest BCUT2D eigenvalue weighted by molar-refractivity contribution is 9.11. The van der Waals surface area contributed by atoms with Crippen molar-refractivity contribution in [3.63, 3.8) is 0 Å². The fourth-order valence-electron chi connectivity index (χ4n) is 1.12. The average molecular weight is 256 g/mol. The maximum Gasteiger partial charge on any atom is 0.120 e. The van der Waals surface area contributed by atoms with Crippen molar-refractivity contribution < 1.29 is 4.74 Å². The lowest BCUT2D eigenvalue weighted by Crippen LogP contribution is -2.03. The first-order valence-electron chi connectivity index (χ1n) is 4.47. The van der Waals surface area contributed by atoms with Gasteiger partial charge in [0.15, 0.2) is 0 Å². The minimum atomic E-state index is 0.492. The first-order valence-corrected chi connectivity index (χ1v) is 5.27. The Morgan fingerprint density at radius 2 is 2.29 bits per heavy atom. The number of rotatable bonds is 5. The quantitative estimate of drug-likeness (QED) is 0.878. The third kappa shape index (κ3) is 3.94. The number of benzene rings is 1. The second-order valence-corrected chi connectivity index (χ2v) is 4.11. The summed E-state index contributed by atoms with van der Waals surface area (Å²) in [5.74, 6) is 0.858. The van der Waals surface area contributed by atoms with Crippen LogP contribution in [-0.2, 0) is 6.42 Å². The predicted molar refractivity (Wildman–Crippen MR) is 62.8 cm³/mol. The summed E-state index contributed by atoms with van der Waals surface area (Å²) in [5, 5.41) is 0. The number of halogens is 1. The van der Waals surface area contributed by atoms with E-state index in [-0.39, 0.29) is 0 Å². The zero-order valence-electron chi connectivity index (χ0n) is 8.00. The van der Waals surface area contributed by atoms with Crippen LogP contribution in [0.4, 0.5) is 0 Å². The number of hydrogen-bond donors (Lipinski definition) is 1. The van der Waals surface area contributed by atoms with Gasteiger partial charge in [-0.2, -0.15) is 0 Å². The molecule has 0 heterocycles. The summed E-state index contributed by atoms with van der Waals surface area (Å²) < 4.78 is 6.30. The highest BCUT2D eigenvalue weighted by atomic mass is 79.9. The van der Waals surface area contributed by atoms with Gasteiger partial charge in [0, 0.05) is 4.48 Å². The molecule has 0 aliphatic carbocycles. The Kier molecular flexibility index (Phi) is 4.70. The molecule has 0 saturated heterocycles. The SMILES string of the molecule is C=C(Br)COc1cccc(CCN)c1. The molecule has 0 saturated carbocycles. The normalized spacial score (nSPS) is 9.86. The van der Waals surface area contributed by atoms with E-state index in [1.54, 1.807) is 0 Å². The molecule has 0 aliphatic rings. The predicted octanol–water partition coefficient (Wildman–Crippen LogP) is 2.48. The highest BCUT2D eigenvalue weighted by Crippen LogP contribution is 2.15. The van der Waals surface area contributed by atoms with Crippen molar-refractivity contribution in [3.8, 4) is 5.75 Å². The second-order valence-electron chi connectivity index (χ2n) is 2.99. The molecule has 0 spiro atoms. The Morgan fingerprint density at radius 1 is 1.50 bits per heavy atom. The van der Waals surface area contributed by atoms with Gasteiger partial charge in [-0.15, -0.1) is 0 Å². The van der Waals surface area contributed by atoms with Gasteiger partial charge in [0.05, 0.1) is 0 Å². The van der Waals surface area contributed by atoms with E-state index < -0.39 is 0 Å². The van der Waals surface area contributed by atoms with Crippen LogP contribution < -0.4 is 10.5 Å². The van der Waals surface area contributed by atoms with Crippen LogP contribution in [-0.4, -0.2) is 13.2 Å². The van der Waals surface area contributed by atoms with Gasteiger partial charge in [-0.25, -0.2) is 0 Å². The fraction of sp³-hybridized carbons (Fsp3) is 0.273. The van der Waals surface area contributed by atoms with Crippen molar-refractivity contribution in [1.82, 2.24) is 0 Å². The average Bonchev–Trinajstić information content (AvgIpc) is 2.16. The third-order valence-electron chi connectivity index (χ3n) is 1.73. The van der Waals surface area contributed by atoms with Crippen LogP contribution in [0.2, 0.25) is 0 Å². The van der Waals surface area contributed by atoms with Crippen molar-refractivity contribution in [2.75, 3.05) is 13.2 Å². The van der Waals surface area contributed by atoms with E-state index in [4.69, 9.17) is 10.5 Å². The molecule has 0 bridgehead atoms. The van der Waals surface area contributed by atoms with Crippen LogP contribution in [0.5, 0.6) is 5.75 Å². The maximum absolute atomic E-state index is 5.47. The lowest BCUT2D eigenvalue weighted by molar-refractivity contribution is 0.360. The van der Waals surface area contributed by atoms with Gasteiger partial charge < -0.3 is 10.5 Å². The molecular weight excluding hydrogens is 242 g/mol. The Morgan fingerprint density at radius 3 is 2.93 bits per heavy atom. The topological polar surface area (TPSA) is 35.2 Å². The molecule has 0 fully saturated rings. The molecular formula is C11H14BrNO. The van der Waals surface area contributed by atoms with Crippen LogP contribution in [0.3, 0.4) is 0 Å². The second kappa shape index (κ2) is 5.83. The molecule has 76 valence electrons. The maximum atomic E-state index is 5.47. The molecule has 1 aromatic rings. The van der Waals surface area contributed by atoms with Crippen molar-refractivity contribution in [2.45, 2.75) is 6.42 Å². The summed E-state index contributed by atoms with van der Waals surface area (Å²) in [6.45, 7) is 4.85. The van der Waals surface area contributed by atoms with Crippen LogP contribution in [0.1, 0.15) is 5.56 Å². The first-order chi connectivity index (χ1) is 6.72. The number of hydrogen-bond acceptors (Lipinski definition) is 2. The van der Waals surface area contributed by atoms with E-state index >= 15 is 0 Å². The monoisotopic (exact) mass is 255 g/mol. The van der Waals surface area contributed by atoms with E-state index in [9.17, 15) is 0 Å². The lowest BCUT2D eigenvalue weighted by atomic mass is 10.1. The Hall–Kier alpha value is -0.800. The van der Waals surface area contributed by atoms with Gasteiger partial charge in [-0.3, -0.25) is 0 Å². The Labute approximate surface area is 92.9 Å². The molecule has 2 nitrogen and oxygen atoms in total. The van der Waals surface area contributed by atoms with Gasteiger partial charge in [0.1, 0.15) is 12.4 Å². The smallest absolute Gasteiger partial charge is 0.120 e. The van der Waals surface area contributed by atoms with Gasteiger partial charge in [0.2, 0.25) is 0 Å². The zero-order valence-corrected chi connectivity index (χ0v) is 9.59. The van der Waals surface area contributed by atoms with Gasteiger partial charge in [-0.1, -0.05) is 34.6 Å². The largest absolute Gasteiger partial charge is 0.488 e. The van der Waals surface area contributed by atoms with Gasteiger partial charge in [-0.05, 0) is 30.7 Å². The molecule has 14 heavy (non-hydrogen) atoms. The summed E-state index contributed by atoms with van der Waals surface area (Å²) in [4.78, 5) is 0. The van der Waals surface area contributed by atoms with E-state index in [0.717, 1.165) is 16.7 Å². The first kappa shape index (κ1) is 11.3.